The zero-order valence-corrected chi connectivity index (χ0v) is 20.4. The van der Waals surface area contributed by atoms with Crippen LogP contribution in [0.15, 0.2) is 34.6 Å². The minimum Gasteiger partial charge on any atom is -0.380 e. The topological polar surface area (TPSA) is 75.8 Å². The number of aryl methyl sites for hydroxylation is 1. The van der Waals surface area contributed by atoms with Crippen molar-refractivity contribution in [3.63, 3.8) is 0 Å². The molecule has 0 aliphatic carbocycles. The molecule has 1 aliphatic heterocycles. The highest BCUT2D eigenvalue weighted by Crippen LogP contribution is 2.21. The Morgan fingerprint density at radius 1 is 1.34 bits per heavy atom. The Labute approximate surface area is 195 Å². The molecule has 0 saturated carbocycles. The molecule has 1 aromatic carbocycles. The first-order chi connectivity index (χ1) is 13.7. The molecule has 3 rings (SSSR count). The fraction of sp³-hybridized carbons (Fsp3) is 0.524. The third-order valence-corrected chi connectivity index (χ3v) is 6.14. The van der Waals surface area contributed by atoms with Gasteiger partial charge in [0.25, 0.3) is 0 Å². The Hall–Kier alpha value is -1.23. The van der Waals surface area contributed by atoms with E-state index in [1.165, 1.54) is 10.7 Å². The van der Waals surface area contributed by atoms with E-state index < -0.39 is 0 Å². The summed E-state index contributed by atoms with van der Waals surface area (Å²) in [6.07, 6.45) is 3.33. The lowest BCUT2D eigenvalue weighted by molar-refractivity contribution is 0.179. The summed E-state index contributed by atoms with van der Waals surface area (Å²) in [5.74, 6) is 1.06. The van der Waals surface area contributed by atoms with Crippen LogP contribution in [-0.2, 0) is 24.3 Å². The summed E-state index contributed by atoms with van der Waals surface area (Å²) in [6, 6.07) is 8.00. The van der Waals surface area contributed by atoms with E-state index >= 15 is 0 Å². The van der Waals surface area contributed by atoms with Crippen LogP contribution in [0.25, 0.3) is 0 Å². The molecule has 29 heavy (non-hydrogen) atoms. The lowest BCUT2D eigenvalue weighted by atomic mass is 9.97. The van der Waals surface area contributed by atoms with E-state index in [0.29, 0.717) is 18.5 Å². The number of aromatic nitrogens is 1. The quantitative estimate of drug-likeness (QED) is 0.306. The van der Waals surface area contributed by atoms with Crippen molar-refractivity contribution in [3.8, 4) is 0 Å². The number of methoxy groups -OCH3 is 1. The molecule has 0 amide bonds. The van der Waals surface area contributed by atoms with E-state index in [1.54, 1.807) is 18.4 Å². The summed E-state index contributed by atoms with van der Waals surface area (Å²) < 4.78 is 5.24. The normalized spacial score (nSPS) is 15.9. The maximum atomic E-state index is 6.11. The zero-order valence-electron chi connectivity index (χ0n) is 17.3. The number of hydrogen-bond donors (Lipinski definition) is 2. The fourth-order valence-corrected chi connectivity index (χ4v) is 4.20. The Balaban J connectivity index is 0.00000300. The number of nitrogens with two attached hydrogens (primary N) is 1. The van der Waals surface area contributed by atoms with Crippen molar-refractivity contribution in [1.29, 1.82) is 0 Å². The van der Waals surface area contributed by atoms with Gasteiger partial charge in [0.2, 0.25) is 0 Å². The minimum absolute atomic E-state index is 0. The third-order valence-electron chi connectivity index (χ3n) is 5.09. The first-order valence-corrected chi connectivity index (χ1v) is 10.8. The summed E-state index contributed by atoms with van der Waals surface area (Å²) in [6.45, 7) is 6.65. The van der Waals surface area contributed by atoms with E-state index in [0.717, 1.165) is 56.7 Å². The number of rotatable bonds is 8. The molecule has 1 aromatic heterocycles. The molecule has 0 bridgehead atoms. The summed E-state index contributed by atoms with van der Waals surface area (Å²) in [4.78, 5) is 11.8. The van der Waals surface area contributed by atoms with Crippen LogP contribution in [0.1, 0.15) is 36.0 Å². The van der Waals surface area contributed by atoms with Crippen LogP contribution in [-0.4, -0.2) is 42.6 Å². The number of nitrogens with zero attached hydrogens (tertiary/aromatic N) is 3. The van der Waals surface area contributed by atoms with Gasteiger partial charge in [-0.15, -0.1) is 35.3 Å². The van der Waals surface area contributed by atoms with Gasteiger partial charge in [-0.05, 0) is 44.3 Å². The SMILES string of the molecule is CCc1nc(CN2CCC(CN=C(N)Nc3ccccc3COC)CC2)cs1.I. The number of halogens is 1. The minimum atomic E-state index is 0. The lowest BCUT2D eigenvalue weighted by Crippen LogP contribution is -2.34. The van der Waals surface area contributed by atoms with Gasteiger partial charge in [-0.1, -0.05) is 25.1 Å². The van der Waals surface area contributed by atoms with Crippen molar-refractivity contribution in [2.75, 3.05) is 32.1 Å². The standard InChI is InChI=1S/C21H31N5OS.HI/c1-3-20-24-18(15-28-20)13-26-10-8-16(9-11-26)12-23-21(22)25-19-7-5-4-6-17(19)14-27-2;/h4-7,15-16H,3,8-14H2,1-2H3,(H3,22,23,25);1H. The van der Waals surface area contributed by atoms with Gasteiger partial charge in [0, 0.05) is 36.8 Å². The van der Waals surface area contributed by atoms with Gasteiger partial charge in [-0.2, -0.15) is 0 Å². The maximum Gasteiger partial charge on any atom is 0.193 e. The number of thiazole rings is 1. The van der Waals surface area contributed by atoms with Gasteiger partial charge in [0.05, 0.1) is 17.3 Å². The number of aliphatic imine (C=N–C) groups is 1. The molecule has 160 valence electrons. The first kappa shape index (κ1) is 24.0. The van der Waals surface area contributed by atoms with Crippen LogP contribution >= 0.6 is 35.3 Å². The summed E-state index contributed by atoms with van der Waals surface area (Å²) in [5, 5.41) is 6.64. The highest BCUT2D eigenvalue weighted by atomic mass is 127. The predicted octanol–water partition coefficient (Wildman–Crippen LogP) is 4.11. The van der Waals surface area contributed by atoms with E-state index in [9.17, 15) is 0 Å². The van der Waals surface area contributed by atoms with Gasteiger partial charge >= 0.3 is 0 Å². The van der Waals surface area contributed by atoms with Crippen molar-refractivity contribution in [2.24, 2.45) is 16.6 Å². The molecule has 3 N–H and O–H groups in total. The van der Waals surface area contributed by atoms with Crippen molar-refractivity contribution in [1.82, 2.24) is 9.88 Å². The van der Waals surface area contributed by atoms with Gasteiger partial charge in [-0.25, -0.2) is 4.98 Å². The molecule has 8 heteroatoms. The lowest BCUT2D eigenvalue weighted by Gasteiger charge is -2.30. The highest BCUT2D eigenvalue weighted by Gasteiger charge is 2.19. The third kappa shape index (κ3) is 7.51. The molecule has 1 aliphatic rings. The van der Waals surface area contributed by atoms with Gasteiger partial charge in [-0.3, -0.25) is 9.89 Å². The van der Waals surface area contributed by atoms with E-state index in [-0.39, 0.29) is 24.0 Å². The molecule has 1 fully saturated rings. The second kappa shape index (κ2) is 12.5. The van der Waals surface area contributed by atoms with Crippen molar-refractivity contribution >= 4 is 47.0 Å². The average Bonchev–Trinajstić information content (AvgIpc) is 3.17. The van der Waals surface area contributed by atoms with Gasteiger partial charge in [0.15, 0.2) is 5.96 Å². The van der Waals surface area contributed by atoms with E-state index in [1.807, 2.05) is 24.3 Å². The monoisotopic (exact) mass is 529 g/mol. The number of ether oxygens (including phenoxy) is 1. The molecule has 0 spiro atoms. The van der Waals surface area contributed by atoms with Crippen molar-refractivity contribution < 1.29 is 4.74 Å². The van der Waals surface area contributed by atoms with E-state index in [2.05, 4.69) is 32.5 Å². The van der Waals surface area contributed by atoms with Crippen LogP contribution < -0.4 is 11.1 Å². The number of nitrogens with one attached hydrogen (secondary N) is 1. The molecular weight excluding hydrogens is 497 g/mol. The Kier molecular flexibility index (Phi) is 10.3. The molecule has 2 heterocycles. The van der Waals surface area contributed by atoms with Crippen molar-refractivity contribution in [2.45, 2.75) is 39.3 Å². The molecule has 0 atom stereocenters. The van der Waals surface area contributed by atoms with Crippen LogP contribution in [0.4, 0.5) is 5.69 Å². The largest absolute Gasteiger partial charge is 0.380 e. The van der Waals surface area contributed by atoms with Crippen LogP contribution in [0.2, 0.25) is 0 Å². The highest BCUT2D eigenvalue weighted by molar-refractivity contribution is 14.0. The van der Waals surface area contributed by atoms with Crippen LogP contribution in [0.3, 0.4) is 0 Å². The number of benzene rings is 1. The Bertz CT molecular complexity index is 774. The Morgan fingerprint density at radius 2 is 2.10 bits per heavy atom. The van der Waals surface area contributed by atoms with Crippen LogP contribution in [0, 0.1) is 5.92 Å². The van der Waals surface area contributed by atoms with Gasteiger partial charge in [0.1, 0.15) is 0 Å². The average molecular weight is 529 g/mol. The number of hydrogen-bond acceptors (Lipinski definition) is 5. The smallest absolute Gasteiger partial charge is 0.193 e. The molecule has 1 saturated heterocycles. The molecule has 2 aromatic rings. The predicted molar refractivity (Wildman–Crippen MR) is 132 cm³/mol. The second-order valence-electron chi connectivity index (χ2n) is 7.25. The Morgan fingerprint density at radius 3 is 2.79 bits per heavy atom. The summed E-state index contributed by atoms with van der Waals surface area (Å²) >= 11 is 1.77. The molecule has 6 nitrogen and oxygen atoms in total. The van der Waals surface area contributed by atoms with E-state index in [4.69, 9.17) is 10.5 Å². The van der Waals surface area contributed by atoms with Crippen LogP contribution in [0.5, 0.6) is 0 Å². The number of likely N-dealkylation sites (tertiary alicyclic amines) is 1. The number of piperidine rings is 1. The fourth-order valence-electron chi connectivity index (χ4n) is 3.47. The van der Waals surface area contributed by atoms with Crippen molar-refractivity contribution in [3.05, 3.63) is 45.9 Å². The number of guanidine groups is 1. The molecule has 0 unspecified atom stereocenters. The number of anilines is 1. The second-order valence-corrected chi connectivity index (χ2v) is 8.19. The summed E-state index contributed by atoms with van der Waals surface area (Å²) in [5.41, 5.74) is 9.35. The number of para-hydroxylation sites is 1. The molecular formula is C21H32IN5OS. The summed E-state index contributed by atoms with van der Waals surface area (Å²) in [7, 11) is 1.69. The zero-order chi connectivity index (χ0) is 19.8. The van der Waals surface area contributed by atoms with Gasteiger partial charge < -0.3 is 15.8 Å². The first-order valence-electron chi connectivity index (χ1n) is 9.97. The maximum absolute atomic E-state index is 6.11. The molecule has 0 radical (unpaired) electrons.